The summed E-state index contributed by atoms with van der Waals surface area (Å²) in [7, 11) is -3.85. The molecule has 4 N–H and O–H groups in total. The molecule has 9 heteroatoms. The molecule has 1 unspecified atom stereocenters. The second-order valence-electron chi connectivity index (χ2n) is 5.06. The van der Waals surface area contributed by atoms with Crippen LogP contribution in [0.4, 0.5) is 5.69 Å². The lowest BCUT2D eigenvalue weighted by molar-refractivity contribution is -0.138. The van der Waals surface area contributed by atoms with Crippen LogP contribution < -0.4 is 10.5 Å². The van der Waals surface area contributed by atoms with Gasteiger partial charge >= 0.3 is 5.97 Å². The highest BCUT2D eigenvalue weighted by molar-refractivity contribution is 7.92. The first-order valence-corrected chi connectivity index (χ1v) is 8.97. The number of anilines is 1. The van der Waals surface area contributed by atoms with Crippen molar-refractivity contribution in [2.75, 3.05) is 4.72 Å². The largest absolute Gasteiger partial charge is 0.480 e. The molecular formula is C15H14Cl2N2O4S. The molecule has 0 radical (unpaired) electrons. The third kappa shape index (κ3) is 4.85. The predicted octanol–water partition coefficient (Wildman–Crippen LogP) is 2.75. The van der Waals surface area contributed by atoms with Crippen LogP contribution >= 0.6 is 23.2 Å². The molecule has 0 fully saturated rings. The van der Waals surface area contributed by atoms with Gasteiger partial charge in [-0.15, -0.1) is 0 Å². The number of sulfonamides is 1. The van der Waals surface area contributed by atoms with E-state index < -0.39 is 22.0 Å². The smallest absolute Gasteiger partial charge is 0.320 e. The van der Waals surface area contributed by atoms with Gasteiger partial charge in [0.05, 0.1) is 4.90 Å². The van der Waals surface area contributed by atoms with Gasteiger partial charge in [-0.2, -0.15) is 0 Å². The minimum absolute atomic E-state index is 0.0584. The number of carboxylic acid groups (broad SMARTS) is 1. The summed E-state index contributed by atoms with van der Waals surface area (Å²) in [6.07, 6.45) is 0.145. The standard InChI is InChI=1S/C15H14Cl2N2O4S/c16-10-6-11(17)8-13(7-10)24(22,23)19-12-3-1-9(2-4-12)5-14(18)15(20)21/h1-4,6-8,14,19H,5,18H2,(H,20,21). The molecule has 2 aromatic rings. The quantitative estimate of drug-likeness (QED) is 0.704. The summed E-state index contributed by atoms with van der Waals surface area (Å²) in [6.45, 7) is 0. The van der Waals surface area contributed by atoms with Gasteiger partial charge in [-0.1, -0.05) is 35.3 Å². The molecule has 1 atom stereocenters. The minimum Gasteiger partial charge on any atom is -0.480 e. The third-order valence-electron chi connectivity index (χ3n) is 3.13. The summed E-state index contributed by atoms with van der Waals surface area (Å²) in [4.78, 5) is 10.7. The van der Waals surface area contributed by atoms with Crippen molar-refractivity contribution < 1.29 is 18.3 Å². The number of nitrogens with one attached hydrogen (secondary N) is 1. The van der Waals surface area contributed by atoms with E-state index in [9.17, 15) is 13.2 Å². The molecule has 0 heterocycles. The van der Waals surface area contributed by atoms with Crippen molar-refractivity contribution in [1.82, 2.24) is 0 Å². The van der Waals surface area contributed by atoms with Crippen molar-refractivity contribution in [2.45, 2.75) is 17.4 Å². The lowest BCUT2D eigenvalue weighted by Crippen LogP contribution is -2.32. The molecule has 0 saturated heterocycles. The summed E-state index contributed by atoms with van der Waals surface area (Å²) >= 11 is 11.6. The van der Waals surface area contributed by atoms with Crippen LogP contribution in [0, 0.1) is 0 Å². The molecule has 2 aromatic carbocycles. The Balaban J connectivity index is 2.16. The second-order valence-corrected chi connectivity index (χ2v) is 7.61. The van der Waals surface area contributed by atoms with E-state index in [4.69, 9.17) is 34.0 Å². The van der Waals surface area contributed by atoms with Crippen molar-refractivity contribution in [2.24, 2.45) is 5.73 Å². The molecule has 0 spiro atoms. The number of aliphatic carboxylic acids is 1. The summed E-state index contributed by atoms with van der Waals surface area (Å²) in [5.41, 5.74) is 6.45. The van der Waals surface area contributed by atoms with Gasteiger partial charge in [-0.3, -0.25) is 9.52 Å². The molecule has 0 bridgehead atoms. The van der Waals surface area contributed by atoms with Gasteiger partial charge in [0.2, 0.25) is 0 Å². The number of hydrogen-bond donors (Lipinski definition) is 3. The summed E-state index contributed by atoms with van der Waals surface area (Å²) in [6, 6.07) is 9.24. The Bertz CT molecular complexity index is 834. The van der Waals surface area contributed by atoms with Gasteiger partial charge in [-0.05, 0) is 42.3 Å². The SMILES string of the molecule is NC(Cc1ccc(NS(=O)(=O)c2cc(Cl)cc(Cl)c2)cc1)C(=O)O. The van der Waals surface area contributed by atoms with Crippen LogP contribution in [0.15, 0.2) is 47.4 Å². The normalized spacial score (nSPS) is 12.6. The van der Waals surface area contributed by atoms with E-state index in [1.54, 1.807) is 12.1 Å². The Morgan fingerprint density at radius 2 is 1.67 bits per heavy atom. The number of carboxylic acids is 1. The molecule has 0 aromatic heterocycles. The van der Waals surface area contributed by atoms with E-state index in [-0.39, 0.29) is 21.4 Å². The summed E-state index contributed by atoms with van der Waals surface area (Å²) < 4.78 is 27.1. The monoisotopic (exact) mass is 388 g/mol. The van der Waals surface area contributed by atoms with Gasteiger partial charge in [-0.25, -0.2) is 8.42 Å². The highest BCUT2D eigenvalue weighted by atomic mass is 35.5. The van der Waals surface area contributed by atoms with E-state index in [1.807, 2.05) is 0 Å². The van der Waals surface area contributed by atoms with E-state index in [1.165, 1.54) is 30.3 Å². The molecule has 0 aliphatic carbocycles. The number of benzene rings is 2. The maximum Gasteiger partial charge on any atom is 0.320 e. The maximum atomic E-state index is 12.3. The van der Waals surface area contributed by atoms with E-state index in [0.29, 0.717) is 11.3 Å². The highest BCUT2D eigenvalue weighted by Gasteiger charge is 2.16. The van der Waals surface area contributed by atoms with E-state index >= 15 is 0 Å². The van der Waals surface area contributed by atoms with Crippen LogP contribution in [-0.2, 0) is 21.2 Å². The molecule has 0 aliphatic rings. The zero-order chi connectivity index (χ0) is 17.9. The fraction of sp³-hybridized carbons (Fsp3) is 0.133. The number of halogens is 2. The average molecular weight is 389 g/mol. The third-order valence-corrected chi connectivity index (χ3v) is 4.92. The molecule has 0 saturated carbocycles. The lowest BCUT2D eigenvalue weighted by Gasteiger charge is -2.10. The number of nitrogens with two attached hydrogens (primary N) is 1. The molecular weight excluding hydrogens is 375 g/mol. The highest BCUT2D eigenvalue weighted by Crippen LogP contribution is 2.24. The molecule has 24 heavy (non-hydrogen) atoms. The fourth-order valence-corrected chi connectivity index (χ4v) is 3.73. The van der Waals surface area contributed by atoms with Crippen molar-refractivity contribution >= 4 is 44.9 Å². The number of rotatable bonds is 6. The number of carbonyl (C=O) groups is 1. The zero-order valence-corrected chi connectivity index (χ0v) is 14.6. The van der Waals surface area contributed by atoms with E-state index in [0.717, 1.165) is 0 Å². The van der Waals surface area contributed by atoms with Crippen molar-refractivity contribution in [3.63, 3.8) is 0 Å². The topological polar surface area (TPSA) is 109 Å². The number of hydrogen-bond acceptors (Lipinski definition) is 4. The van der Waals surface area contributed by atoms with Gasteiger partial charge in [0.15, 0.2) is 0 Å². The van der Waals surface area contributed by atoms with Crippen LogP contribution in [0.3, 0.4) is 0 Å². The summed E-state index contributed by atoms with van der Waals surface area (Å²) in [5, 5.41) is 9.20. The first-order chi connectivity index (χ1) is 11.2. The first kappa shape index (κ1) is 18.5. The molecule has 0 amide bonds. The Morgan fingerprint density at radius 1 is 1.12 bits per heavy atom. The Labute approximate surface area is 149 Å². The Morgan fingerprint density at radius 3 is 2.17 bits per heavy atom. The minimum atomic E-state index is -3.85. The Hall–Kier alpha value is -1.80. The van der Waals surface area contributed by atoms with Gasteiger partial charge in [0.25, 0.3) is 10.0 Å². The molecule has 128 valence electrons. The van der Waals surface area contributed by atoms with Crippen LogP contribution in [-0.4, -0.2) is 25.5 Å². The Kier molecular flexibility index (Phi) is 5.71. The van der Waals surface area contributed by atoms with Crippen molar-refractivity contribution in [3.8, 4) is 0 Å². The van der Waals surface area contributed by atoms with Crippen molar-refractivity contribution in [1.29, 1.82) is 0 Å². The lowest BCUT2D eigenvalue weighted by atomic mass is 10.1. The van der Waals surface area contributed by atoms with Crippen LogP contribution in [0.5, 0.6) is 0 Å². The van der Waals surface area contributed by atoms with Crippen molar-refractivity contribution in [3.05, 3.63) is 58.1 Å². The predicted molar refractivity (Wildman–Crippen MR) is 93.0 cm³/mol. The molecule has 0 aliphatic heterocycles. The van der Waals surface area contributed by atoms with E-state index in [2.05, 4.69) is 4.72 Å². The molecule has 6 nitrogen and oxygen atoms in total. The van der Waals surface area contributed by atoms with Crippen LogP contribution in [0.1, 0.15) is 5.56 Å². The average Bonchev–Trinajstić information content (AvgIpc) is 2.48. The second kappa shape index (κ2) is 7.40. The van der Waals surface area contributed by atoms with Gasteiger partial charge < -0.3 is 10.8 Å². The van der Waals surface area contributed by atoms with Crippen LogP contribution in [0.2, 0.25) is 10.0 Å². The summed E-state index contributed by atoms with van der Waals surface area (Å²) in [5.74, 6) is -1.10. The maximum absolute atomic E-state index is 12.3. The first-order valence-electron chi connectivity index (χ1n) is 6.73. The zero-order valence-electron chi connectivity index (χ0n) is 12.2. The fourth-order valence-electron chi connectivity index (χ4n) is 1.95. The van der Waals surface area contributed by atoms with Crippen LogP contribution in [0.25, 0.3) is 0 Å². The van der Waals surface area contributed by atoms with Gasteiger partial charge in [0.1, 0.15) is 6.04 Å². The van der Waals surface area contributed by atoms with Gasteiger partial charge in [0, 0.05) is 15.7 Å². The molecule has 2 rings (SSSR count).